The number of carbonyl (C=O) groups excluding carboxylic acids is 3. The minimum absolute atomic E-state index is 0.0408. The highest BCUT2D eigenvalue weighted by molar-refractivity contribution is 6.10. The predicted octanol–water partition coefficient (Wildman–Crippen LogP) is 2.88. The van der Waals surface area contributed by atoms with E-state index in [2.05, 4.69) is 15.6 Å². The monoisotopic (exact) mass is 577 g/mol. The lowest BCUT2D eigenvalue weighted by Crippen LogP contribution is -2.55. The normalized spacial score (nSPS) is 11.9. The molecular weight excluding hydrogens is 551 g/mol. The SMILES string of the molecule is Nc1cnc(-c2ccc(F)cc2)n(CC(=O)N[C@@H](Cc2ccccc2)C(=O)C(F)(F)C(=O)NCc2ccccc2)c1=O. The maximum atomic E-state index is 15.2. The predicted molar refractivity (Wildman–Crippen MR) is 149 cm³/mol. The molecule has 0 unspecified atom stereocenters. The Labute approximate surface area is 238 Å². The van der Waals surface area contributed by atoms with Crippen LogP contribution in [0.2, 0.25) is 0 Å². The van der Waals surface area contributed by atoms with Crippen LogP contribution in [0.15, 0.2) is 95.9 Å². The average molecular weight is 578 g/mol. The first-order chi connectivity index (χ1) is 20.1. The molecule has 3 aromatic carbocycles. The molecule has 4 aromatic rings. The van der Waals surface area contributed by atoms with Crippen LogP contribution >= 0.6 is 0 Å². The van der Waals surface area contributed by atoms with E-state index >= 15 is 8.78 Å². The highest BCUT2D eigenvalue weighted by Crippen LogP contribution is 2.21. The second-order valence-corrected chi connectivity index (χ2v) is 9.35. The number of anilines is 1. The van der Waals surface area contributed by atoms with Gasteiger partial charge in [-0.25, -0.2) is 9.37 Å². The molecule has 1 atom stereocenters. The molecule has 0 fully saturated rings. The minimum atomic E-state index is -4.49. The summed E-state index contributed by atoms with van der Waals surface area (Å²) < 4.78 is 44.6. The maximum absolute atomic E-state index is 15.2. The molecule has 42 heavy (non-hydrogen) atoms. The molecule has 1 heterocycles. The van der Waals surface area contributed by atoms with Crippen molar-refractivity contribution in [1.29, 1.82) is 0 Å². The summed E-state index contributed by atoms with van der Waals surface area (Å²) in [5.74, 6) is -9.72. The van der Waals surface area contributed by atoms with Gasteiger partial charge >= 0.3 is 5.92 Å². The van der Waals surface area contributed by atoms with Crippen molar-refractivity contribution in [1.82, 2.24) is 20.2 Å². The Kier molecular flexibility index (Phi) is 9.15. The van der Waals surface area contributed by atoms with Crippen LogP contribution in [0.1, 0.15) is 11.1 Å². The Hall–Kier alpha value is -5.26. The van der Waals surface area contributed by atoms with Crippen LogP contribution in [-0.4, -0.2) is 39.1 Å². The van der Waals surface area contributed by atoms with Gasteiger partial charge in [-0.2, -0.15) is 8.78 Å². The van der Waals surface area contributed by atoms with E-state index in [0.717, 1.165) is 22.9 Å². The quantitative estimate of drug-likeness (QED) is 0.235. The van der Waals surface area contributed by atoms with Crippen molar-refractivity contribution in [2.24, 2.45) is 0 Å². The molecule has 1 aromatic heterocycles. The highest BCUT2D eigenvalue weighted by atomic mass is 19.3. The van der Waals surface area contributed by atoms with E-state index in [1.807, 2.05) is 0 Å². The number of halogens is 3. The molecule has 12 heteroatoms. The largest absolute Gasteiger partial charge is 0.393 e. The average Bonchev–Trinajstić information content (AvgIpc) is 2.99. The zero-order chi connectivity index (χ0) is 30.3. The van der Waals surface area contributed by atoms with E-state index in [1.54, 1.807) is 60.7 Å². The smallest absolute Gasteiger partial charge is 0.383 e. The molecule has 0 saturated carbocycles. The van der Waals surface area contributed by atoms with Crippen LogP contribution in [0.3, 0.4) is 0 Å². The van der Waals surface area contributed by atoms with Gasteiger partial charge in [-0.1, -0.05) is 60.7 Å². The summed E-state index contributed by atoms with van der Waals surface area (Å²) >= 11 is 0. The first kappa shape index (κ1) is 29.7. The van der Waals surface area contributed by atoms with Gasteiger partial charge in [0.1, 0.15) is 23.9 Å². The molecule has 2 amide bonds. The first-order valence-electron chi connectivity index (χ1n) is 12.7. The van der Waals surface area contributed by atoms with Crippen molar-refractivity contribution in [3.63, 3.8) is 0 Å². The molecule has 0 aliphatic carbocycles. The highest BCUT2D eigenvalue weighted by Gasteiger charge is 2.50. The molecule has 0 radical (unpaired) electrons. The van der Waals surface area contributed by atoms with Crippen molar-refractivity contribution in [2.75, 3.05) is 5.73 Å². The number of amides is 2. The number of benzene rings is 3. The second kappa shape index (κ2) is 12.9. The number of hydrogen-bond donors (Lipinski definition) is 3. The summed E-state index contributed by atoms with van der Waals surface area (Å²) in [6.45, 7) is -0.996. The molecular formula is C30H26F3N5O4. The second-order valence-electron chi connectivity index (χ2n) is 9.35. The number of ketones is 1. The van der Waals surface area contributed by atoms with E-state index in [-0.39, 0.29) is 30.0 Å². The van der Waals surface area contributed by atoms with Gasteiger partial charge < -0.3 is 16.4 Å². The zero-order valence-corrected chi connectivity index (χ0v) is 22.1. The summed E-state index contributed by atoms with van der Waals surface area (Å²) in [4.78, 5) is 55.5. The molecule has 0 aliphatic rings. The molecule has 0 saturated heterocycles. The lowest BCUT2D eigenvalue weighted by molar-refractivity contribution is -0.160. The van der Waals surface area contributed by atoms with Gasteiger partial charge in [-0.3, -0.25) is 23.7 Å². The Morgan fingerprint density at radius 3 is 2.12 bits per heavy atom. The van der Waals surface area contributed by atoms with Gasteiger partial charge in [0, 0.05) is 18.5 Å². The van der Waals surface area contributed by atoms with E-state index in [1.165, 1.54) is 12.1 Å². The molecule has 0 spiro atoms. The van der Waals surface area contributed by atoms with Crippen molar-refractivity contribution < 1.29 is 27.6 Å². The van der Waals surface area contributed by atoms with Gasteiger partial charge in [-0.05, 0) is 35.4 Å². The van der Waals surface area contributed by atoms with Crippen LogP contribution in [0.5, 0.6) is 0 Å². The van der Waals surface area contributed by atoms with Crippen LogP contribution in [0.25, 0.3) is 11.4 Å². The minimum Gasteiger partial charge on any atom is -0.393 e. The fourth-order valence-corrected chi connectivity index (χ4v) is 4.15. The third-order valence-electron chi connectivity index (χ3n) is 6.30. The maximum Gasteiger partial charge on any atom is 0.383 e. The van der Waals surface area contributed by atoms with Crippen molar-refractivity contribution in [3.05, 3.63) is 118 Å². The third kappa shape index (κ3) is 7.08. The summed E-state index contributed by atoms with van der Waals surface area (Å²) in [6.07, 6.45) is 0.716. The molecule has 216 valence electrons. The van der Waals surface area contributed by atoms with E-state index < -0.39 is 47.5 Å². The van der Waals surface area contributed by atoms with Crippen LogP contribution < -0.4 is 21.9 Å². The standard InChI is InChI=1S/C30H26F3N5O4/c31-22-13-11-21(12-14-22)27-35-17-23(34)28(41)38(27)18-25(39)37-24(15-19-7-3-1-4-8-19)26(40)30(32,33)29(42)36-16-20-9-5-2-6-10-20/h1-14,17,24H,15-16,18,34H2,(H,36,42)(H,37,39)/t24-/m0/s1. The molecule has 4 rings (SSSR count). The van der Waals surface area contributed by atoms with E-state index in [0.29, 0.717) is 11.1 Å². The number of aromatic nitrogens is 2. The Balaban J connectivity index is 1.58. The van der Waals surface area contributed by atoms with Gasteiger partial charge in [0.15, 0.2) is 0 Å². The van der Waals surface area contributed by atoms with Crippen LogP contribution in [0, 0.1) is 5.82 Å². The van der Waals surface area contributed by atoms with Gasteiger partial charge in [0.2, 0.25) is 11.7 Å². The topological polar surface area (TPSA) is 136 Å². The third-order valence-corrected chi connectivity index (χ3v) is 6.30. The summed E-state index contributed by atoms with van der Waals surface area (Å²) in [5, 5.41) is 4.30. The van der Waals surface area contributed by atoms with Crippen LogP contribution in [-0.2, 0) is 33.9 Å². The Morgan fingerprint density at radius 1 is 0.905 bits per heavy atom. The molecule has 0 bridgehead atoms. The number of alkyl halides is 2. The van der Waals surface area contributed by atoms with Crippen molar-refractivity contribution in [2.45, 2.75) is 31.5 Å². The molecule has 4 N–H and O–H groups in total. The number of carbonyl (C=O) groups is 3. The Morgan fingerprint density at radius 2 is 1.50 bits per heavy atom. The number of Topliss-reactive ketones (excluding diaryl/α,β-unsaturated/α-hetero) is 1. The number of nitrogens with zero attached hydrogens (tertiary/aromatic N) is 2. The van der Waals surface area contributed by atoms with Crippen molar-refractivity contribution >= 4 is 23.3 Å². The first-order valence-corrected chi connectivity index (χ1v) is 12.7. The number of hydrogen-bond acceptors (Lipinski definition) is 6. The number of rotatable bonds is 11. The van der Waals surface area contributed by atoms with E-state index in [4.69, 9.17) is 5.73 Å². The number of nitrogens with one attached hydrogen (secondary N) is 2. The van der Waals surface area contributed by atoms with Gasteiger partial charge in [0.05, 0.1) is 12.2 Å². The lowest BCUT2D eigenvalue weighted by atomic mass is 9.98. The van der Waals surface area contributed by atoms with Crippen LogP contribution in [0.4, 0.5) is 18.9 Å². The fraction of sp³-hybridized carbons (Fsp3) is 0.167. The zero-order valence-electron chi connectivity index (χ0n) is 22.1. The fourth-order valence-electron chi connectivity index (χ4n) is 4.15. The van der Waals surface area contributed by atoms with Gasteiger partial charge in [0.25, 0.3) is 11.5 Å². The summed E-state index contributed by atoms with van der Waals surface area (Å²) in [5.41, 5.74) is 5.84. The van der Waals surface area contributed by atoms with Gasteiger partial charge in [-0.15, -0.1) is 0 Å². The number of nitrogens with two attached hydrogens (primary N) is 1. The van der Waals surface area contributed by atoms with Crippen molar-refractivity contribution in [3.8, 4) is 11.4 Å². The molecule has 0 aliphatic heterocycles. The number of nitrogen functional groups attached to an aromatic ring is 1. The summed E-state index contributed by atoms with van der Waals surface area (Å²) in [7, 11) is 0. The Bertz CT molecular complexity index is 1630. The van der Waals surface area contributed by atoms with E-state index in [9.17, 15) is 23.6 Å². The molecule has 9 nitrogen and oxygen atoms in total. The lowest BCUT2D eigenvalue weighted by Gasteiger charge is -2.23. The summed E-state index contributed by atoms with van der Waals surface area (Å²) in [6, 6.07) is 19.4.